The standard InChI is InChI=1S/C28H31N5.C2H6/c1-25(2)16-26(3,4)21-13-23-22(12-20(21)25)31-24-32(27(5,6)28(7,8)33(23)24)19-10-17(14-29)9-18(11-19)15-30;1-2/h9-13H,16H2,1-8H3;1-2H3. The molecular formula is C30H37N5. The van der Waals surface area contributed by atoms with Crippen molar-refractivity contribution in [1.82, 2.24) is 9.55 Å². The molecule has 3 aromatic rings. The Bertz CT molecular complexity index is 1390. The number of aromatic nitrogens is 2. The lowest BCUT2D eigenvalue weighted by Crippen LogP contribution is -2.50. The zero-order valence-electron chi connectivity index (χ0n) is 22.8. The van der Waals surface area contributed by atoms with Gasteiger partial charge in [0.2, 0.25) is 5.95 Å². The summed E-state index contributed by atoms with van der Waals surface area (Å²) >= 11 is 0. The number of benzene rings is 2. The molecule has 2 aromatic carbocycles. The first-order valence-corrected chi connectivity index (χ1v) is 12.6. The van der Waals surface area contributed by atoms with Crippen molar-refractivity contribution in [3.05, 3.63) is 52.6 Å². The minimum absolute atomic E-state index is 0.110. The highest BCUT2D eigenvalue weighted by Gasteiger charge is 2.54. The first-order valence-electron chi connectivity index (χ1n) is 12.6. The Morgan fingerprint density at radius 2 is 1.26 bits per heavy atom. The van der Waals surface area contributed by atoms with Crippen LogP contribution in [0, 0.1) is 22.7 Å². The van der Waals surface area contributed by atoms with Crippen LogP contribution >= 0.6 is 0 Å². The molecule has 0 bridgehead atoms. The molecule has 0 N–H and O–H groups in total. The van der Waals surface area contributed by atoms with Crippen molar-refractivity contribution in [3.63, 3.8) is 0 Å². The molecule has 2 aliphatic rings. The monoisotopic (exact) mass is 467 g/mol. The number of nitrogens with zero attached hydrogens (tertiary/aromatic N) is 5. The Kier molecular flexibility index (Phi) is 5.38. The lowest BCUT2D eigenvalue weighted by molar-refractivity contribution is 0.253. The van der Waals surface area contributed by atoms with Gasteiger partial charge in [0.25, 0.3) is 0 Å². The third-order valence-corrected chi connectivity index (χ3v) is 8.37. The zero-order valence-corrected chi connectivity index (χ0v) is 22.8. The Morgan fingerprint density at radius 3 is 1.77 bits per heavy atom. The average Bonchev–Trinajstić information content (AvgIpc) is 3.29. The van der Waals surface area contributed by atoms with E-state index in [1.165, 1.54) is 11.1 Å². The second kappa shape index (κ2) is 7.59. The van der Waals surface area contributed by atoms with Crippen LogP contribution in [0.4, 0.5) is 11.6 Å². The summed E-state index contributed by atoms with van der Waals surface area (Å²) in [4.78, 5) is 7.37. The summed E-state index contributed by atoms with van der Waals surface area (Å²) in [7, 11) is 0. The molecule has 182 valence electrons. The number of rotatable bonds is 1. The van der Waals surface area contributed by atoms with Gasteiger partial charge >= 0.3 is 0 Å². The maximum atomic E-state index is 9.56. The number of hydrogen-bond acceptors (Lipinski definition) is 4. The molecule has 1 aliphatic heterocycles. The van der Waals surface area contributed by atoms with E-state index in [9.17, 15) is 10.5 Å². The highest BCUT2D eigenvalue weighted by Crippen LogP contribution is 2.54. The van der Waals surface area contributed by atoms with E-state index in [2.05, 4.69) is 89.1 Å². The van der Waals surface area contributed by atoms with Crippen LogP contribution in [-0.4, -0.2) is 15.1 Å². The van der Waals surface area contributed by atoms with Crippen molar-refractivity contribution < 1.29 is 0 Å². The average molecular weight is 468 g/mol. The number of anilines is 2. The molecule has 0 amide bonds. The van der Waals surface area contributed by atoms with Crippen LogP contribution in [0.15, 0.2) is 30.3 Å². The summed E-state index contributed by atoms with van der Waals surface area (Å²) in [5.41, 5.74) is 6.34. The summed E-state index contributed by atoms with van der Waals surface area (Å²) in [6.45, 7) is 22.2. The largest absolute Gasteiger partial charge is 0.304 e. The van der Waals surface area contributed by atoms with E-state index in [1.54, 1.807) is 6.07 Å². The molecule has 1 aromatic heterocycles. The highest BCUT2D eigenvalue weighted by molar-refractivity contribution is 5.86. The predicted molar refractivity (Wildman–Crippen MR) is 143 cm³/mol. The van der Waals surface area contributed by atoms with Crippen LogP contribution in [0.5, 0.6) is 0 Å². The minimum atomic E-state index is -0.335. The van der Waals surface area contributed by atoms with Crippen molar-refractivity contribution in [3.8, 4) is 12.1 Å². The van der Waals surface area contributed by atoms with Gasteiger partial charge < -0.3 is 9.47 Å². The topological polar surface area (TPSA) is 68.6 Å². The van der Waals surface area contributed by atoms with E-state index >= 15 is 0 Å². The Morgan fingerprint density at radius 1 is 0.743 bits per heavy atom. The Labute approximate surface area is 210 Å². The molecule has 35 heavy (non-hydrogen) atoms. The Hall–Kier alpha value is -3.31. The van der Waals surface area contributed by atoms with Gasteiger partial charge in [-0.1, -0.05) is 41.5 Å². The van der Waals surface area contributed by atoms with E-state index in [0.717, 1.165) is 29.1 Å². The SMILES string of the molecule is CC.CC1(C)CC(C)(C)c2cc3c(cc21)nc1n3C(C)(C)C(C)(C)N1c1cc(C#N)cc(C#N)c1. The van der Waals surface area contributed by atoms with Gasteiger partial charge in [-0.05, 0) is 86.4 Å². The van der Waals surface area contributed by atoms with E-state index in [1.807, 2.05) is 26.0 Å². The van der Waals surface area contributed by atoms with Crippen LogP contribution in [0.3, 0.4) is 0 Å². The van der Waals surface area contributed by atoms with Gasteiger partial charge in [-0.25, -0.2) is 4.98 Å². The molecule has 5 heteroatoms. The van der Waals surface area contributed by atoms with Crippen LogP contribution in [0.2, 0.25) is 0 Å². The summed E-state index contributed by atoms with van der Waals surface area (Å²) in [6.07, 6.45) is 1.12. The quantitative estimate of drug-likeness (QED) is 0.373. The summed E-state index contributed by atoms with van der Waals surface area (Å²) < 4.78 is 2.36. The molecular weight excluding hydrogens is 430 g/mol. The molecule has 0 radical (unpaired) electrons. The highest BCUT2D eigenvalue weighted by atomic mass is 15.4. The molecule has 0 saturated heterocycles. The van der Waals surface area contributed by atoms with E-state index in [0.29, 0.717) is 11.1 Å². The first kappa shape index (κ1) is 24.8. The lowest BCUT2D eigenvalue weighted by Gasteiger charge is -2.41. The normalized spacial score (nSPS) is 19.8. The van der Waals surface area contributed by atoms with Gasteiger partial charge in [0.15, 0.2) is 0 Å². The van der Waals surface area contributed by atoms with Gasteiger partial charge in [-0.3, -0.25) is 0 Å². The number of imidazole rings is 1. The fraction of sp³-hybridized carbons (Fsp3) is 0.500. The second-order valence-corrected chi connectivity index (χ2v) is 12.0. The van der Waals surface area contributed by atoms with Crippen molar-refractivity contribution in [2.24, 2.45) is 0 Å². The van der Waals surface area contributed by atoms with Gasteiger partial charge in [-0.2, -0.15) is 10.5 Å². The van der Waals surface area contributed by atoms with Crippen LogP contribution < -0.4 is 4.90 Å². The fourth-order valence-corrected chi connectivity index (χ4v) is 6.33. The van der Waals surface area contributed by atoms with Gasteiger partial charge in [0.1, 0.15) is 0 Å². The molecule has 5 rings (SSSR count). The van der Waals surface area contributed by atoms with Crippen molar-refractivity contribution in [1.29, 1.82) is 10.5 Å². The van der Waals surface area contributed by atoms with Gasteiger partial charge in [0, 0.05) is 5.69 Å². The fourth-order valence-electron chi connectivity index (χ4n) is 6.33. The minimum Gasteiger partial charge on any atom is -0.304 e. The third kappa shape index (κ3) is 3.29. The molecule has 0 saturated carbocycles. The van der Waals surface area contributed by atoms with Gasteiger partial charge in [0.05, 0.1) is 45.4 Å². The van der Waals surface area contributed by atoms with Crippen molar-refractivity contribution in [2.45, 2.75) is 97.6 Å². The van der Waals surface area contributed by atoms with Crippen molar-refractivity contribution >= 4 is 22.7 Å². The second-order valence-electron chi connectivity index (χ2n) is 12.0. The zero-order chi connectivity index (χ0) is 26.1. The maximum absolute atomic E-state index is 9.56. The Balaban J connectivity index is 0.00000141. The molecule has 0 spiro atoms. The smallest absolute Gasteiger partial charge is 0.212 e. The van der Waals surface area contributed by atoms with E-state index in [-0.39, 0.29) is 21.9 Å². The lowest BCUT2D eigenvalue weighted by atomic mass is 9.81. The molecule has 0 fully saturated rings. The summed E-state index contributed by atoms with van der Waals surface area (Å²) in [5.74, 6) is 0.860. The van der Waals surface area contributed by atoms with Gasteiger partial charge in [-0.15, -0.1) is 0 Å². The van der Waals surface area contributed by atoms with Crippen molar-refractivity contribution in [2.75, 3.05) is 4.90 Å². The van der Waals surface area contributed by atoms with Crippen LogP contribution in [-0.2, 0) is 16.4 Å². The summed E-state index contributed by atoms with van der Waals surface area (Å²) in [5, 5.41) is 19.1. The molecule has 1 aliphatic carbocycles. The third-order valence-electron chi connectivity index (χ3n) is 8.37. The number of hydrogen-bond donors (Lipinski definition) is 0. The molecule has 5 nitrogen and oxygen atoms in total. The molecule has 0 unspecified atom stereocenters. The van der Waals surface area contributed by atoms with Crippen LogP contribution in [0.1, 0.15) is 97.9 Å². The van der Waals surface area contributed by atoms with E-state index in [4.69, 9.17) is 4.98 Å². The number of nitriles is 2. The molecule has 0 atom stereocenters. The molecule has 2 heterocycles. The van der Waals surface area contributed by atoms with Crippen LogP contribution in [0.25, 0.3) is 11.0 Å². The van der Waals surface area contributed by atoms with E-state index < -0.39 is 0 Å². The predicted octanol–water partition coefficient (Wildman–Crippen LogP) is 7.43. The first-order chi connectivity index (χ1) is 16.2. The number of fused-ring (bicyclic) bond motifs is 4. The maximum Gasteiger partial charge on any atom is 0.212 e. The summed E-state index contributed by atoms with van der Waals surface area (Å²) in [6, 6.07) is 14.4.